The van der Waals surface area contributed by atoms with Gasteiger partial charge in [-0.3, -0.25) is 0 Å². The molecular formula is C28H29ClN2O2S2. The molecule has 2 aromatic carbocycles. The van der Waals surface area contributed by atoms with Crippen LogP contribution in [-0.2, 0) is 22.9 Å². The molecule has 1 fully saturated rings. The highest BCUT2D eigenvalue weighted by molar-refractivity contribution is 7.89. The van der Waals surface area contributed by atoms with E-state index in [4.69, 9.17) is 4.98 Å². The lowest BCUT2D eigenvalue weighted by molar-refractivity contribution is 0.346. The summed E-state index contributed by atoms with van der Waals surface area (Å²) >= 11 is 1.83. The van der Waals surface area contributed by atoms with Crippen molar-refractivity contribution in [1.29, 1.82) is 0 Å². The number of aromatic nitrogens is 1. The van der Waals surface area contributed by atoms with Crippen LogP contribution in [0.1, 0.15) is 42.5 Å². The topological polar surface area (TPSA) is 50.3 Å². The number of aryl methyl sites for hydroxylation is 2. The first-order valence-electron chi connectivity index (χ1n) is 12.2. The van der Waals surface area contributed by atoms with E-state index >= 15 is 0 Å². The van der Waals surface area contributed by atoms with Crippen LogP contribution >= 0.6 is 23.7 Å². The van der Waals surface area contributed by atoms with Gasteiger partial charge in [0, 0.05) is 28.9 Å². The Hall–Kier alpha value is -2.25. The summed E-state index contributed by atoms with van der Waals surface area (Å²) in [5.41, 5.74) is 5.75. The van der Waals surface area contributed by atoms with Crippen LogP contribution < -0.4 is 0 Å². The van der Waals surface area contributed by atoms with Crippen LogP contribution in [0.2, 0.25) is 0 Å². The summed E-state index contributed by atoms with van der Waals surface area (Å²) in [6.07, 6.45) is 7.74. The molecule has 0 N–H and O–H groups in total. The molecule has 0 atom stereocenters. The fourth-order valence-electron chi connectivity index (χ4n) is 5.30. The van der Waals surface area contributed by atoms with Gasteiger partial charge in [-0.25, -0.2) is 13.4 Å². The Balaban J connectivity index is 0.00000253. The van der Waals surface area contributed by atoms with Crippen molar-refractivity contribution in [3.8, 4) is 22.4 Å². The van der Waals surface area contributed by atoms with Gasteiger partial charge in [0.1, 0.15) is 4.83 Å². The predicted molar refractivity (Wildman–Crippen MR) is 147 cm³/mol. The van der Waals surface area contributed by atoms with Crippen molar-refractivity contribution in [3.05, 3.63) is 71.1 Å². The van der Waals surface area contributed by atoms with Crippen molar-refractivity contribution in [2.24, 2.45) is 0 Å². The second-order valence-corrected chi connectivity index (χ2v) is 12.3. The van der Waals surface area contributed by atoms with Crippen molar-refractivity contribution >= 4 is 44.0 Å². The van der Waals surface area contributed by atoms with Crippen LogP contribution in [0.25, 0.3) is 32.6 Å². The number of sulfonamides is 1. The Labute approximate surface area is 217 Å². The minimum atomic E-state index is -3.43. The Morgan fingerprint density at radius 3 is 2.26 bits per heavy atom. The van der Waals surface area contributed by atoms with Crippen LogP contribution in [0.15, 0.2) is 65.6 Å². The van der Waals surface area contributed by atoms with Crippen molar-refractivity contribution < 1.29 is 8.42 Å². The normalized spacial score (nSPS) is 16.6. The average molecular weight is 525 g/mol. The van der Waals surface area contributed by atoms with Crippen molar-refractivity contribution in [1.82, 2.24) is 9.29 Å². The minimum absolute atomic E-state index is 0. The number of pyridine rings is 1. The number of piperidine rings is 1. The zero-order valence-corrected chi connectivity index (χ0v) is 22.0. The van der Waals surface area contributed by atoms with Crippen LogP contribution in [0, 0.1) is 0 Å². The van der Waals surface area contributed by atoms with Gasteiger partial charge in [0.15, 0.2) is 0 Å². The number of benzene rings is 2. The molecule has 0 spiro atoms. The van der Waals surface area contributed by atoms with Gasteiger partial charge >= 0.3 is 0 Å². The monoisotopic (exact) mass is 524 g/mol. The molecule has 2 aliphatic rings. The summed E-state index contributed by atoms with van der Waals surface area (Å²) in [6.45, 7) is 1.23. The van der Waals surface area contributed by atoms with E-state index in [2.05, 4.69) is 30.3 Å². The fourth-order valence-corrected chi connectivity index (χ4v) is 8.11. The smallest absolute Gasteiger partial charge is 0.237 e. The van der Waals surface area contributed by atoms with E-state index in [1.807, 2.05) is 29.5 Å². The second-order valence-electron chi connectivity index (χ2n) is 9.30. The number of hydrogen-bond acceptors (Lipinski definition) is 4. The van der Waals surface area contributed by atoms with Gasteiger partial charge < -0.3 is 0 Å². The number of hydrogen-bond donors (Lipinski definition) is 0. The van der Waals surface area contributed by atoms with Gasteiger partial charge in [-0.1, -0.05) is 48.9 Å². The number of thiophene rings is 1. The maximum Gasteiger partial charge on any atom is 0.243 e. The van der Waals surface area contributed by atoms with Gasteiger partial charge in [-0.15, -0.1) is 23.7 Å². The highest BCUT2D eigenvalue weighted by Crippen LogP contribution is 2.42. The molecule has 1 saturated heterocycles. The molecule has 0 bridgehead atoms. The molecule has 6 rings (SSSR count). The largest absolute Gasteiger partial charge is 0.243 e. The van der Waals surface area contributed by atoms with Crippen molar-refractivity contribution in [2.45, 2.75) is 49.8 Å². The molecule has 1 aliphatic carbocycles. The van der Waals surface area contributed by atoms with Crippen LogP contribution in [0.3, 0.4) is 0 Å². The zero-order chi connectivity index (χ0) is 23.1. The number of halogens is 1. The molecule has 0 amide bonds. The maximum absolute atomic E-state index is 13.1. The van der Waals surface area contributed by atoms with Crippen molar-refractivity contribution in [3.63, 3.8) is 0 Å². The standard InChI is InChI=1S/C28H28N2O2S2.ClH/c31-34(32,30-17-7-2-8-18-30)22-15-13-21(14-16-22)25-19-24(20-9-3-1-4-10-20)27-23-11-5-6-12-26(23)33-28(27)29-25;/h1,3-4,9-10,13-16,19H,2,5-8,11-12,17-18H2;1H. The third kappa shape index (κ3) is 4.53. The molecule has 4 nitrogen and oxygen atoms in total. The zero-order valence-electron chi connectivity index (χ0n) is 19.6. The number of fused-ring (bicyclic) bond motifs is 3. The molecule has 0 unspecified atom stereocenters. The first-order chi connectivity index (χ1) is 16.6. The summed E-state index contributed by atoms with van der Waals surface area (Å²) in [7, 11) is -3.43. The molecule has 0 saturated carbocycles. The molecular weight excluding hydrogens is 496 g/mol. The molecule has 4 aromatic rings. The lowest BCUT2D eigenvalue weighted by Crippen LogP contribution is -2.35. The Kier molecular flexibility index (Phi) is 6.99. The van der Waals surface area contributed by atoms with E-state index in [0.29, 0.717) is 18.0 Å². The molecule has 2 aromatic heterocycles. The first-order valence-corrected chi connectivity index (χ1v) is 14.5. The highest BCUT2D eigenvalue weighted by Gasteiger charge is 2.26. The van der Waals surface area contributed by atoms with E-state index in [1.165, 1.54) is 39.8 Å². The van der Waals surface area contributed by atoms with E-state index in [-0.39, 0.29) is 12.4 Å². The van der Waals surface area contributed by atoms with E-state index in [0.717, 1.165) is 48.2 Å². The third-order valence-electron chi connectivity index (χ3n) is 7.11. The highest BCUT2D eigenvalue weighted by atomic mass is 35.5. The molecule has 182 valence electrons. The van der Waals surface area contributed by atoms with Crippen LogP contribution in [0.4, 0.5) is 0 Å². The predicted octanol–water partition coefficient (Wildman–Crippen LogP) is 7.11. The lowest BCUT2D eigenvalue weighted by Gasteiger charge is -2.25. The second kappa shape index (κ2) is 10.0. The number of rotatable bonds is 4. The Bertz CT molecular complexity index is 1440. The van der Waals surface area contributed by atoms with Crippen LogP contribution in [0.5, 0.6) is 0 Å². The maximum atomic E-state index is 13.1. The van der Waals surface area contributed by atoms with Crippen molar-refractivity contribution in [2.75, 3.05) is 13.1 Å². The van der Waals surface area contributed by atoms with Crippen LogP contribution in [-0.4, -0.2) is 30.8 Å². The molecule has 35 heavy (non-hydrogen) atoms. The van der Waals surface area contributed by atoms with Gasteiger partial charge in [-0.2, -0.15) is 4.31 Å². The average Bonchev–Trinajstić information content (AvgIpc) is 3.28. The van der Waals surface area contributed by atoms with Gasteiger partial charge in [0.25, 0.3) is 0 Å². The molecule has 1 aliphatic heterocycles. The first kappa shape index (κ1) is 24.4. The summed E-state index contributed by atoms with van der Waals surface area (Å²) in [5, 5.41) is 1.30. The molecule has 7 heteroatoms. The van der Waals surface area contributed by atoms with Gasteiger partial charge in [0.05, 0.1) is 10.6 Å². The lowest BCUT2D eigenvalue weighted by atomic mass is 9.92. The minimum Gasteiger partial charge on any atom is -0.237 e. The van der Waals surface area contributed by atoms with E-state index < -0.39 is 10.0 Å². The third-order valence-corrected chi connectivity index (χ3v) is 10.2. The summed E-state index contributed by atoms with van der Waals surface area (Å²) in [5.74, 6) is 0. The summed E-state index contributed by atoms with van der Waals surface area (Å²) < 4.78 is 27.8. The van der Waals surface area contributed by atoms with Gasteiger partial charge in [-0.05, 0) is 73.4 Å². The summed E-state index contributed by atoms with van der Waals surface area (Å²) in [4.78, 5) is 8.02. The Morgan fingerprint density at radius 1 is 0.800 bits per heavy atom. The van der Waals surface area contributed by atoms with E-state index in [9.17, 15) is 8.42 Å². The molecule has 0 radical (unpaired) electrons. The Morgan fingerprint density at radius 2 is 1.51 bits per heavy atom. The molecule has 3 heterocycles. The summed E-state index contributed by atoms with van der Waals surface area (Å²) in [6, 6.07) is 20.0. The fraction of sp³-hybridized carbons (Fsp3) is 0.321. The quantitative estimate of drug-likeness (QED) is 0.286. The van der Waals surface area contributed by atoms with E-state index in [1.54, 1.807) is 16.4 Å². The number of nitrogens with zero attached hydrogens (tertiary/aromatic N) is 2. The SMILES string of the molecule is Cl.O=S(=O)(c1ccc(-c2cc(-c3ccccc3)c3c4c(sc3n2)CCCC4)cc1)N1CCCCC1. The van der Waals surface area contributed by atoms with Gasteiger partial charge in [0.2, 0.25) is 10.0 Å².